The van der Waals surface area contributed by atoms with E-state index in [0.717, 1.165) is 24.3 Å². The molecule has 2 aromatic rings. The maximum atomic E-state index is 14.1. The number of hydrogen-bond acceptors (Lipinski definition) is 3. The van der Waals surface area contributed by atoms with Crippen molar-refractivity contribution in [3.63, 3.8) is 0 Å². The van der Waals surface area contributed by atoms with E-state index in [-0.39, 0.29) is 5.69 Å². The van der Waals surface area contributed by atoms with Crippen molar-refractivity contribution in [1.29, 1.82) is 0 Å². The average molecular weight is 379 g/mol. The van der Waals surface area contributed by atoms with E-state index in [4.69, 9.17) is 4.74 Å². The van der Waals surface area contributed by atoms with Crippen LogP contribution in [0.3, 0.4) is 0 Å². The van der Waals surface area contributed by atoms with Crippen molar-refractivity contribution in [3.05, 3.63) is 53.4 Å². The second-order valence-corrected chi connectivity index (χ2v) is 6.96. The Labute approximate surface area is 139 Å². The highest BCUT2D eigenvalue weighted by molar-refractivity contribution is 7.92. The van der Waals surface area contributed by atoms with E-state index >= 15 is 0 Å². The Morgan fingerprint density at radius 3 is 2.00 bits per heavy atom. The molecule has 10 heteroatoms. The predicted molar refractivity (Wildman–Crippen MR) is 77.1 cm³/mol. The highest BCUT2D eigenvalue weighted by Crippen LogP contribution is 2.38. The minimum Gasteiger partial charge on any atom is -0.486 e. The van der Waals surface area contributed by atoms with E-state index in [0.29, 0.717) is 12.8 Å². The molecule has 1 fully saturated rings. The number of anilines is 1. The van der Waals surface area contributed by atoms with E-state index in [1.54, 1.807) is 0 Å². The molecule has 0 aromatic heterocycles. The summed E-state index contributed by atoms with van der Waals surface area (Å²) in [6.45, 7) is 0. The van der Waals surface area contributed by atoms with Crippen molar-refractivity contribution in [2.24, 2.45) is 0 Å². The van der Waals surface area contributed by atoms with Crippen molar-refractivity contribution >= 4 is 15.7 Å². The molecule has 0 unspecified atom stereocenters. The first kappa shape index (κ1) is 17.5. The summed E-state index contributed by atoms with van der Waals surface area (Å²) in [7, 11) is -4.89. The van der Waals surface area contributed by atoms with Crippen LogP contribution < -0.4 is 9.46 Å². The molecule has 0 radical (unpaired) electrons. The molecule has 0 atom stereocenters. The van der Waals surface area contributed by atoms with E-state index in [2.05, 4.69) is 0 Å². The van der Waals surface area contributed by atoms with Crippen LogP contribution in [0.1, 0.15) is 12.8 Å². The van der Waals surface area contributed by atoms with Gasteiger partial charge in [-0.2, -0.15) is 4.39 Å². The summed E-state index contributed by atoms with van der Waals surface area (Å²) in [5.74, 6) is -10.4. The quantitative estimate of drug-likeness (QED) is 0.489. The second kappa shape index (κ2) is 6.17. The minimum atomic E-state index is -4.89. The molecule has 1 saturated carbocycles. The zero-order valence-electron chi connectivity index (χ0n) is 12.3. The van der Waals surface area contributed by atoms with Crippen LogP contribution in [0.25, 0.3) is 0 Å². The Kier molecular flexibility index (Phi) is 4.31. The summed E-state index contributed by atoms with van der Waals surface area (Å²) in [5.41, 5.74) is -0.191. The summed E-state index contributed by atoms with van der Waals surface area (Å²) >= 11 is 0. The maximum absolute atomic E-state index is 14.1. The molecule has 3 rings (SSSR count). The zero-order chi connectivity index (χ0) is 18.4. The molecule has 1 aliphatic carbocycles. The number of benzene rings is 2. The van der Waals surface area contributed by atoms with Crippen LogP contribution in [0.5, 0.6) is 5.75 Å². The molecule has 4 nitrogen and oxygen atoms in total. The number of halogens is 5. The molecule has 0 heterocycles. The lowest BCUT2D eigenvalue weighted by molar-refractivity contribution is 0.262. The summed E-state index contributed by atoms with van der Waals surface area (Å²) in [4.78, 5) is -1.49. The van der Waals surface area contributed by atoms with E-state index < -0.39 is 55.9 Å². The van der Waals surface area contributed by atoms with E-state index in [9.17, 15) is 30.4 Å². The van der Waals surface area contributed by atoms with Gasteiger partial charge < -0.3 is 4.74 Å². The van der Waals surface area contributed by atoms with Crippen LogP contribution in [0, 0.1) is 29.1 Å². The van der Waals surface area contributed by atoms with Gasteiger partial charge >= 0.3 is 0 Å². The molecule has 0 saturated heterocycles. The van der Waals surface area contributed by atoms with Gasteiger partial charge in [0.25, 0.3) is 10.0 Å². The molecule has 2 aromatic carbocycles. The largest absolute Gasteiger partial charge is 0.486 e. The average Bonchev–Trinajstić information content (AvgIpc) is 3.36. The van der Waals surface area contributed by atoms with Crippen molar-refractivity contribution in [3.8, 4) is 5.75 Å². The highest BCUT2D eigenvalue weighted by Gasteiger charge is 2.37. The lowest BCUT2D eigenvalue weighted by Crippen LogP contribution is -2.19. The fourth-order valence-electron chi connectivity index (χ4n) is 2.01. The third kappa shape index (κ3) is 3.39. The molecule has 1 N–H and O–H groups in total. The highest BCUT2D eigenvalue weighted by atomic mass is 32.2. The number of nitrogens with one attached hydrogen (secondary N) is 1. The number of ether oxygens (including phenoxy) is 1. The topological polar surface area (TPSA) is 55.4 Å². The van der Waals surface area contributed by atoms with Gasteiger partial charge in [0, 0.05) is 5.69 Å². The van der Waals surface area contributed by atoms with Gasteiger partial charge in [-0.1, -0.05) is 0 Å². The number of hydrogen-bond donors (Lipinski definition) is 1. The van der Waals surface area contributed by atoms with Gasteiger partial charge in [-0.3, -0.25) is 4.72 Å². The van der Waals surface area contributed by atoms with Gasteiger partial charge in [0.1, 0.15) is 5.82 Å². The maximum Gasteiger partial charge on any atom is 0.268 e. The van der Waals surface area contributed by atoms with Gasteiger partial charge in [-0.05, 0) is 37.1 Å². The molecular formula is C15H10F5NO3S. The lowest BCUT2D eigenvalue weighted by atomic mass is 10.3. The Balaban J connectivity index is 2.11. The van der Waals surface area contributed by atoms with E-state index in [1.165, 1.54) is 0 Å². The standard InChI is InChI=1S/C15H10F5NO3S/c16-7-1-3-8(4-2-7)21-25(22,23)15-13(20)11(18)10(17)12(19)14(15)24-9-5-6-9/h1-4,9,21H,5-6H2. The van der Waals surface area contributed by atoms with Crippen LogP contribution in [0.15, 0.2) is 29.2 Å². The molecule has 0 spiro atoms. The zero-order valence-corrected chi connectivity index (χ0v) is 13.1. The summed E-state index contributed by atoms with van der Waals surface area (Å²) in [6.07, 6.45) is 0.258. The minimum absolute atomic E-state index is 0.191. The molecule has 25 heavy (non-hydrogen) atoms. The van der Waals surface area contributed by atoms with Crippen molar-refractivity contribution < 1.29 is 35.1 Å². The first-order valence-corrected chi connectivity index (χ1v) is 8.50. The number of sulfonamides is 1. The predicted octanol–water partition coefficient (Wildman–Crippen LogP) is 3.72. The molecule has 134 valence electrons. The monoisotopic (exact) mass is 379 g/mol. The Hall–Kier alpha value is -2.36. The van der Waals surface area contributed by atoms with Gasteiger partial charge in [0.05, 0.1) is 6.10 Å². The lowest BCUT2D eigenvalue weighted by Gasteiger charge is -2.15. The first-order chi connectivity index (χ1) is 11.7. The van der Waals surface area contributed by atoms with Crippen molar-refractivity contribution in [1.82, 2.24) is 0 Å². The Bertz CT molecular complexity index is 927. The SMILES string of the molecule is O=S(=O)(Nc1ccc(F)cc1)c1c(F)c(F)c(F)c(F)c1OC1CC1. The van der Waals surface area contributed by atoms with Crippen molar-refractivity contribution in [2.75, 3.05) is 4.72 Å². The normalized spacial score (nSPS) is 14.4. The van der Waals surface area contributed by atoms with Crippen LogP contribution in [0.4, 0.5) is 27.6 Å². The first-order valence-electron chi connectivity index (χ1n) is 7.01. The molecule has 0 amide bonds. The fourth-order valence-corrected chi connectivity index (χ4v) is 3.27. The Morgan fingerprint density at radius 1 is 0.880 bits per heavy atom. The smallest absolute Gasteiger partial charge is 0.268 e. The van der Waals surface area contributed by atoms with Crippen molar-refractivity contribution in [2.45, 2.75) is 23.8 Å². The third-order valence-corrected chi connectivity index (χ3v) is 4.76. The van der Waals surface area contributed by atoms with Gasteiger partial charge in [0.2, 0.25) is 11.6 Å². The van der Waals surface area contributed by atoms with Gasteiger partial charge in [-0.15, -0.1) is 0 Å². The number of rotatable bonds is 5. The third-order valence-electron chi connectivity index (χ3n) is 3.36. The Morgan fingerprint density at radius 2 is 1.44 bits per heavy atom. The molecule has 0 bridgehead atoms. The van der Waals surface area contributed by atoms with Gasteiger partial charge in [-0.25, -0.2) is 26.0 Å². The summed E-state index contributed by atoms with van der Waals surface area (Å²) in [5, 5.41) is 0. The summed E-state index contributed by atoms with van der Waals surface area (Å²) < 4.78 is 99.4. The molecular weight excluding hydrogens is 369 g/mol. The van der Waals surface area contributed by atoms with Crippen LogP contribution in [-0.4, -0.2) is 14.5 Å². The fraction of sp³-hybridized carbons (Fsp3) is 0.200. The molecule has 1 aliphatic rings. The van der Waals surface area contributed by atoms with Gasteiger partial charge in [0.15, 0.2) is 22.3 Å². The van der Waals surface area contributed by atoms with Crippen LogP contribution in [0.2, 0.25) is 0 Å². The van der Waals surface area contributed by atoms with E-state index in [1.807, 2.05) is 4.72 Å². The second-order valence-electron chi connectivity index (χ2n) is 5.34. The summed E-state index contributed by atoms with van der Waals surface area (Å²) in [6, 6.07) is 3.87. The van der Waals surface area contributed by atoms with Crippen LogP contribution in [-0.2, 0) is 10.0 Å². The van der Waals surface area contributed by atoms with Crippen LogP contribution >= 0.6 is 0 Å². The molecule has 0 aliphatic heterocycles.